The number of ether oxygens (including phenoxy) is 3. The van der Waals surface area contributed by atoms with Crippen molar-refractivity contribution in [3.8, 4) is 39.5 Å². The maximum absolute atomic E-state index is 13.9. The molecule has 336 valence electrons. The number of phenolic OH excluding ortho intramolecular Hbond substituents is 2. The summed E-state index contributed by atoms with van der Waals surface area (Å²) < 4.78 is 17.7. The minimum atomic E-state index is -1.20. The van der Waals surface area contributed by atoms with Gasteiger partial charge in [-0.1, -0.05) is 81.3 Å². The fraction of sp³-hybridized carbons (Fsp3) is 0.404. The van der Waals surface area contributed by atoms with Crippen LogP contribution in [0.5, 0.6) is 17.2 Å². The van der Waals surface area contributed by atoms with Gasteiger partial charge in [-0.25, -0.2) is 4.79 Å². The van der Waals surface area contributed by atoms with Crippen molar-refractivity contribution in [3.05, 3.63) is 124 Å². The highest BCUT2D eigenvalue weighted by molar-refractivity contribution is 5.94. The molecule has 2 amide bonds. The molecular weight excluding hydrogens is 797 g/mol. The number of hydrogen-bond acceptors (Lipinski definition) is 8. The quantitative estimate of drug-likeness (QED) is 0.0555. The van der Waals surface area contributed by atoms with Crippen LogP contribution in [-0.2, 0) is 32.2 Å². The van der Waals surface area contributed by atoms with Crippen molar-refractivity contribution in [2.45, 2.75) is 86.2 Å². The lowest BCUT2D eigenvalue weighted by molar-refractivity contribution is -0.139. The highest BCUT2D eigenvalue weighted by Crippen LogP contribution is 2.47. The number of carbonyl (C=O) groups excluding carboxylic acids is 2. The molecule has 0 unspecified atom stereocenters. The summed E-state index contributed by atoms with van der Waals surface area (Å²) in [5.74, 6) is -1.89. The van der Waals surface area contributed by atoms with Crippen molar-refractivity contribution in [2.24, 2.45) is 5.92 Å². The van der Waals surface area contributed by atoms with E-state index in [1.807, 2.05) is 93.6 Å². The van der Waals surface area contributed by atoms with E-state index in [4.69, 9.17) is 14.2 Å². The molecule has 0 aromatic heterocycles. The van der Waals surface area contributed by atoms with Crippen LogP contribution in [-0.4, -0.2) is 89.0 Å². The first kappa shape index (κ1) is 48.1. The van der Waals surface area contributed by atoms with E-state index >= 15 is 0 Å². The van der Waals surface area contributed by atoms with Crippen molar-refractivity contribution < 1.29 is 43.9 Å². The molecule has 0 heterocycles. The third-order valence-electron chi connectivity index (χ3n) is 10.9. The summed E-state index contributed by atoms with van der Waals surface area (Å²) in [6.07, 6.45) is 12.6. The third kappa shape index (κ3) is 13.5. The highest BCUT2D eigenvalue weighted by atomic mass is 16.5. The number of carbonyl (C=O) groups is 3. The second-order valence-electron chi connectivity index (χ2n) is 16.3. The van der Waals surface area contributed by atoms with Gasteiger partial charge in [-0.05, 0) is 99.5 Å². The summed E-state index contributed by atoms with van der Waals surface area (Å²) in [5.41, 5.74) is 5.52. The van der Waals surface area contributed by atoms with Crippen LogP contribution in [0.3, 0.4) is 0 Å². The SMILES string of the molecule is CCCCOCCCN(Cc1cc(C)cc(-c2cc(C)cc(-c3cc(C)cc(CN(CCCOCCCC)C(=O)C4C=CC=C4)c3O)c2OCC(=O)O)c1O)C(=O)c1ccccc1. The lowest BCUT2D eigenvalue weighted by Crippen LogP contribution is -2.35. The standard InChI is InChI=1S/C52H64N2O9/c1-6-8-23-61-25-15-21-53(51(59)39-17-11-10-12-18-39)33-41-27-36(3)29-43(48(41)57)45-31-38(5)32-46(50(45)63-35-47(55)56)44-30-37(4)28-42(49(44)58)34-54(22-16-26-62-24-9-7-2)52(60)40-19-13-14-20-40/h10-14,17-20,27-32,40,57-58H,6-9,15-16,21-26,33-35H2,1-5H3,(H,55,56). The largest absolute Gasteiger partial charge is 0.507 e. The summed E-state index contributed by atoms with van der Waals surface area (Å²) in [4.78, 5) is 43.3. The molecule has 4 aromatic rings. The van der Waals surface area contributed by atoms with E-state index in [1.165, 1.54) is 0 Å². The minimum Gasteiger partial charge on any atom is -0.507 e. The van der Waals surface area contributed by atoms with E-state index in [-0.39, 0.29) is 42.2 Å². The number of allylic oxidation sites excluding steroid dienone is 2. The van der Waals surface area contributed by atoms with E-state index in [9.17, 15) is 29.7 Å². The molecule has 11 heteroatoms. The second-order valence-corrected chi connectivity index (χ2v) is 16.3. The molecule has 0 radical (unpaired) electrons. The molecule has 0 spiro atoms. The van der Waals surface area contributed by atoms with Crippen LogP contribution in [0.4, 0.5) is 0 Å². The highest BCUT2D eigenvalue weighted by Gasteiger charge is 2.27. The number of carboxylic acids is 1. The van der Waals surface area contributed by atoms with Gasteiger partial charge in [-0.3, -0.25) is 9.59 Å². The van der Waals surface area contributed by atoms with Crippen molar-refractivity contribution in [1.82, 2.24) is 9.80 Å². The monoisotopic (exact) mass is 860 g/mol. The van der Waals surface area contributed by atoms with Gasteiger partial charge in [-0.15, -0.1) is 0 Å². The molecule has 0 atom stereocenters. The summed E-state index contributed by atoms with van der Waals surface area (Å²) in [7, 11) is 0. The predicted octanol–water partition coefficient (Wildman–Crippen LogP) is 9.95. The Kier molecular flexibility index (Phi) is 18.4. The summed E-state index contributed by atoms with van der Waals surface area (Å²) in [6.45, 7) is 12.5. The maximum atomic E-state index is 13.9. The molecule has 3 N–H and O–H groups in total. The minimum absolute atomic E-state index is 0.0743. The number of amides is 2. The van der Waals surface area contributed by atoms with Crippen LogP contribution in [0.25, 0.3) is 22.3 Å². The average molecular weight is 861 g/mol. The number of aliphatic carboxylic acids is 1. The Balaban J connectivity index is 1.55. The first-order valence-corrected chi connectivity index (χ1v) is 22.2. The first-order valence-electron chi connectivity index (χ1n) is 22.2. The number of nitrogens with zero attached hydrogens (tertiary/aromatic N) is 2. The molecule has 11 nitrogen and oxygen atoms in total. The zero-order valence-corrected chi connectivity index (χ0v) is 37.5. The second kappa shape index (κ2) is 24.1. The van der Waals surface area contributed by atoms with Gasteiger partial charge in [0.2, 0.25) is 5.91 Å². The molecule has 5 rings (SSSR count). The lowest BCUT2D eigenvalue weighted by atomic mass is 9.90. The molecule has 4 aromatic carbocycles. The summed E-state index contributed by atoms with van der Waals surface area (Å²) in [6, 6.07) is 20.0. The summed E-state index contributed by atoms with van der Waals surface area (Å²) >= 11 is 0. The normalized spacial score (nSPS) is 12.2. The van der Waals surface area contributed by atoms with Gasteiger partial charge in [0.05, 0.1) is 5.92 Å². The average Bonchev–Trinajstić information content (AvgIpc) is 3.82. The Bertz CT molecular complexity index is 2220. The molecule has 63 heavy (non-hydrogen) atoms. The molecule has 0 saturated carbocycles. The fourth-order valence-corrected chi connectivity index (χ4v) is 7.74. The van der Waals surface area contributed by atoms with Gasteiger partial charge < -0.3 is 39.3 Å². The summed E-state index contributed by atoms with van der Waals surface area (Å²) in [5, 5.41) is 34.2. The Morgan fingerprint density at radius 1 is 0.619 bits per heavy atom. The number of rotatable bonds is 25. The van der Waals surface area contributed by atoms with E-state index in [2.05, 4.69) is 13.8 Å². The topological polar surface area (TPSA) is 146 Å². The van der Waals surface area contributed by atoms with Crippen molar-refractivity contribution in [2.75, 3.05) is 46.1 Å². The lowest BCUT2D eigenvalue weighted by Gasteiger charge is -2.26. The Morgan fingerprint density at radius 3 is 1.59 bits per heavy atom. The molecule has 1 aliphatic carbocycles. The Hall–Kier alpha value is -5.91. The predicted molar refractivity (Wildman–Crippen MR) is 247 cm³/mol. The Morgan fingerprint density at radius 2 is 1.08 bits per heavy atom. The third-order valence-corrected chi connectivity index (χ3v) is 10.9. The van der Waals surface area contributed by atoms with Gasteiger partial charge in [0.25, 0.3) is 5.91 Å². The van der Waals surface area contributed by atoms with Gasteiger partial charge in [0.15, 0.2) is 6.61 Å². The van der Waals surface area contributed by atoms with Gasteiger partial charge in [0.1, 0.15) is 17.2 Å². The molecule has 0 saturated heterocycles. The zero-order valence-electron chi connectivity index (χ0n) is 37.5. The number of phenols is 2. The van der Waals surface area contributed by atoms with Crippen LogP contribution < -0.4 is 4.74 Å². The fourth-order valence-electron chi connectivity index (χ4n) is 7.74. The first-order chi connectivity index (χ1) is 30.4. The number of hydrogen-bond donors (Lipinski definition) is 3. The van der Waals surface area contributed by atoms with Crippen LogP contribution in [0.2, 0.25) is 0 Å². The van der Waals surface area contributed by atoms with E-state index < -0.39 is 18.5 Å². The molecular formula is C52H64N2O9. The van der Waals surface area contributed by atoms with E-state index in [1.54, 1.807) is 28.0 Å². The van der Waals surface area contributed by atoms with Crippen LogP contribution in [0, 0.1) is 26.7 Å². The van der Waals surface area contributed by atoms with E-state index in [0.29, 0.717) is 91.3 Å². The van der Waals surface area contributed by atoms with Crippen LogP contribution >= 0.6 is 0 Å². The smallest absolute Gasteiger partial charge is 0.341 e. The van der Waals surface area contributed by atoms with Gasteiger partial charge >= 0.3 is 5.97 Å². The zero-order chi connectivity index (χ0) is 45.3. The molecule has 0 fully saturated rings. The van der Waals surface area contributed by atoms with Crippen LogP contribution in [0.1, 0.15) is 90.5 Å². The number of aryl methyl sites for hydroxylation is 3. The number of unbranched alkanes of at least 4 members (excludes halogenated alkanes) is 2. The Labute approximate surface area is 372 Å². The van der Waals surface area contributed by atoms with E-state index in [0.717, 1.165) is 42.4 Å². The van der Waals surface area contributed by atoms with Crippen LogP contribution in [0.15, 0.2) is 91.0 Å². The number of carboxylic acid groups (broad SMARTS) is 1. The number of benzene rings is 4. The number of aromatic hydroxyl groups is 2. The maximum Gasteiger partial charge on any atom is 0.341 e. The molecule has 0 bridgehead atoms. The van der Waals surface area contributed by atoms with Crippen molar-refractivity contribution in [1.29, 1.82) is 0 Å². The molecule has 1 aliphatic rings. The van der Waals surface area contributed by atoms with Gasteiger partial charge in [-0.2, -0.15) is 0 Å². The molecule has 0 aliphatic heterocycles. The van der Waals surface area contributed by atoms with Crippen molar-refractivity contribution >= 4 is 17.8 Å². The van der Waals surface area contributed by atoms with Gasteiger partial charge in [0, 0.05) is 91.6 Å². The van der Waals surface area contributed by atoms with Crippen molar-refractivity contribution in [3.63, 3.8) is 0 Å².